The predicted molar refractivity (Wildman–Crippen MR) is 78.9 cm³/mol. The molecule has 0 aliphatic rings. The maximum Gasteiger partial charge on any atom is 0.349 e. The molecule has 0 aliphatic heterocycles. The maximum absolute atomic E-state index is 11.9. The molecule has 0 spiro atoms. The smallest absolute Gasteiger partial charge is 0.349 e. The average Bonchev–Trinajstić information content (AvgIpc) is 2.45. The molecule has 4 heteroatoms. The van der Waals surface area contributed by atoms with E-state index in [4.69, 9.17) is 4.42 Å². The zero-order valence-corrected chi connectivity index (χ0v) is 11.0. The van der Waals surface area contributed by atoms with E-state index >= 15 is 0 Å². The number of benzene rings is 1. The number of fused-ring (bicyclic) bond motifs is 1. The molecule has 0 bridgehead atoms. The third-order valence-electron chi connectivity index (χ3n) is 2.86. The highest BCUT2D eigenvalue weighted by Crippen LogP contribution is 2.19. The minimum Gasteiger partial charge on any atom is -0.422 e. The van der Waals surface area contributed by atoms with Gasteiger partial charge >= 0.3 is 5.63 Å². The second-order valence-electron chi connectivity index (χ2n) is 4.27. The minimum absolute atomic E-state index is 0.00453. The number of allylic oxidation sites excluding steroid dienone is 1. The molecule has 0 aliphatic carbocycles. The fraction of sp³-hybridized carbons (Fsp3) is 0.125. The third kappa shape index (κ3) is 2.69. The number of nitrogens with one attached hydrogen (secondary N) is 1. The van der Waals surface area contributed by atoms with Gasteiger partial charge in [0.15, 0.2) is 0 Å². The van der Waals surface area contributed by atoms with Crippen LogP contribution in [0.2, 0.25) is 0 Å². The first-order valence-corrected chi connectivity index (χ1v) is 6.23. The molecule has 1 aromatic carbocycles. The Morgan fingerprint density at radius 2 is 2.10 bits per heavy atom. The lowest BCUT2D eigenvalue weighted by Gasteiger charge is -2.05. The van der Waals surface area contributed by atoms with Crippen molar-refractivity contribution in [1.29, 1.82) is 0 Å². The normalized spacial score (nSPS) is 10.2. The Morgan fingerprint density at radius 1 is 1.30 bits per heavy atom. The first-order chi connectivity index (χ1) is 9.67. The molecular formula is C16H15NO3. The van der Waals surface area contributed by atoms with Crippen LogP contribution in [0.4, 0.5) is 0 Å². The number of carbonyl (C=O) groups is 1. The summed E-state index contributed by atoms with van der Waals surface area (Å²) in [6, 6.07) is 7.07. The van der Waals surface area contributed by atoms with Gasteiger partial charge in [0.2, 0.25) is 0 Å². The zero-order chi connectivity index (χ0) is 14.5. The van der Waals surface area contributed by atoms with Gasteiger partial charge in [-0.15, -0.1) is 13.2 Å². The Kier molecular flexibility index (Phi) is 4.15. The molecule has 1 N–H and O–H groups in total. The molecule has 102 valence electrons. The largest absolute Gasteiger partial charge is 0.422 e. The van der Waals surface area contributed by atoms with Crippen LogP contribution >= 0.6 is 0 Å². The number of amides is 1. The molecule has 20 heavy (non-hydrogen) atoms. The monoisotopic (exact) mass is 269 g/mol. The van der Waals surface area contributed by atoms with E-state index in [1.165, 1.54) is 0 Å². The van der Waals surface area contributed by atoms with Gasteiger partial charge in [0.1, 0.15) is 11.1 Å². The molecule has 0 radical (unpaired) electrons. The van der Waals surface area contributed by atoms with Gasteiger partial charge in [-0.1, -0.05) is 30.4 Å². The van der Waals surface area contributed by atoms with Gasteiger partial charge in [0.25, 0.3) is 5.91 Å². The van der Waals surface area contributed by atoms with Crippen LogP contribution in [0.5, 0.6) is 0 Å². The summed E-state index contributed by atoms with van der Waals surface area (Å²) in [5, 5.41) is 3.28. The summed E-state index contributed by atoms with van der Waals surface area (Å²) < 4.78 is 5.29. The quantitative estimate of drug-likeness (QED) is 0.670. The van der Waals surface area contributed by atoms with Crippen LogP contribution in [-0.4, -0.2) is 12.5 Å². The summed E-state index contributed by atoms with van der Waals surface area (Å²) in [7, 11) is 0. The van der Waals surface area contributed by atoms with Crippen LogP contribution in [0.3, 0.4) is 0 Å². The highest BCUT2D eigenvalue weighted by Gasteiger charge is 2.14. The summed E-state index contributed by atoms with van der Waals surface area (Å²) in [6.45, 7) is 7.47. The van der Waals surface area contributed by atoms with Crippen LogP contribution in [0.25, 0.3) is 11.0 Å². The van der Waals surface area contributed by atoms with E-state index in [9.17, 15) is 9.59 Å². The van der Waals surface area contributed by atoms with Gasteiger partial charge in [-0.25, -0.2) is 4.79 Å². The van der Waals surface area contributed by atoms with Gasteiger partial charge in [0, 0.05) is 11.9 Å². The van der Waals surface area contributed by atoms with Crippen molar-refractivity contribution >= 4 is 16.9 Å². The van der Waals surface area contributed by atoms with Gasteiger partial charge in [-0.3, -0.25) is 4.79 Å². The number of carbonyl (C=O) groups excluding carboxylic acids is 1. The van der Waals surface area contributed by atoms with Crippen molar-refractivity contribution in [3.8, 4) is 0 Å². The van der Waals surface area contributed by atoms with E-state index in [0.29, 0.717) is 23.9 Å². The highest BCUT2D eigenvalue weighted by atomic mass is 16.4. The molecule has 0 saturated heterocycles. The van der Waals surface area contributed by atoms with Crippen LogP contribution in [-0.2, 0) is 6.42 Å². The van der Waals surface area contributed by atoms with Crippen LogP contribution in [0.15, 0.2) is 58.8 Å². The maximum atomic E-state index is 11.9. The van der Waals surface area contributed by atoms with Crippen molar-refractivity contribution < 1.29 is 9.21 Å². The summed E-state index contributed by atoms with van der Waals surface area (Å²) in [6.07, 6.45) is 3.88. The van der Waals surface area contributed by atoms with Crippen molar-refractivity contribution in [2.45, 2.75) is 6.42 Å². The molecule has 1 heterocycles. The number of para-hydroxylation sites is 1. The Bertz CT molecular complexity index is 728. The van der Waals surface area contributed by atoms with E-state index in [2.05, 4.69) is 18.5 Å². The van der Waals surface area contributed by atoms with Gasteiger partial charge in [0.05, 0.1) is 0 Å². The fourth-order valence-corrected chi connectivity index (χ4v) is 1.94. The average molecular weight is 269 g/mol. The minimum atomic E-state index is -0.643. The molecule has 0 fully saturated rings. The van der Waals surface area contributed by atoms with E-state index in [1.807, 2.05) is 12.1 Å². The van der Waals surface area contributed by atoms with Crippen molar-refractivity contribution in [1.82, 2.24) is 5.32 Å². The Hall–Kier alpha value is -2.62. The Balaban J connectivity index is 2.53. The van der Waals surface area contributed by atoms with Crippen LogP contribution < -0.4 is 10.9 Å². The molecule has 0 unspecified atom stereocenters. The van der Waals surface area contributed by atoms with Gasteiger partial charge in [-0.2, -0.15) is 0 Å². The van der Waals surface area contributed by atoms with Crippen molar-refractivity contribution in [3.63, 3.8) is 0 Å². The van der Waals surface area contributed by atoms with Crippen molar-refractivity contribution in [3.05, 3.63) is 71.1 Å². The van der Waals surface area contributed by atoms with E-state index in [1.54, 1.807) is 24.3 Å². The summed E-state index contributed by atoms with van der Waals surface area (Å²) >= 11 is 0. The van der Waals surface area contributed by atoms with Gasteiger partial charge in [-0.05, 0) is 18.1 Å². The standard InChI is InChI=1S/C16H15NO3/c1-3-6-11-7-5-8-12-10-13(15(18)17-9-4-2)16(19)20-14(11)12/h3-5,7-8,10H,1-2,6,9H2,(H,17,18). The van der Waals surface area contributed by atoms with Crippen molar-refractivity contribution in [2.75, 3.05) is 6.54 Å². The molecule has 0 atom stereocenters. The summed E-state index contributed by atoms with van der Waals surface area (Å²) in [5.74, 6) is -0.463. The van der Waals surface area contributed by atoms with Crippen molar-refractivity contribution in [2.24, 2.45) is 0 Å². The SMILES string of the molecule is C=CCNC(=O)c1cc2cccc(CC=C)c2oc1=O. The second kappa shape index (κ2) is 6.02. The van der Waals surface area contributed by atoms with Crippen LogP contribution in [0, 0.1) is 0 Å². The molecule has 1 aromatic heterocycles. The summed E-state index contributed by atoms with van der Waals surface area (Å²) in [5.41, 5.74) is 0.719. The summed E-state index contributed by atoms with van der Waals surface area (Å²) in [4.78, 5) is 23.8. The van der Waals surface area contributed by atoms with Gasteiger partial charge < -0.3 is 9.73 Å². The molecule has 1 amide bonds. The molecule has 4 nitrogen and oxygen atoms in total. The molecule has 0 saturated carbocycles. The lowest BCUT2D eigenvalue weighted by molar-refractivity contribution is 0.0954. The van der Waals surface area contributed by atoms with E-state index in [0.717, 1.165) is 5.56 Å². The highest BCUT2D eigenvalue weighted by molar-refractivity contribution is 5.97. The Labute approximate surface area is 116 Å². The Morgan fingerprint density at radius 3 is 2.80 bits per heavy atom. The second-order valence-corrected chi connectivity index (χ2v) is 4.27. The first-order valence-electron chi connectivity index (χ1n) is 6.23. The lowest BCUT2D eigenvalue weighted by atomic mass is 10.1. The lowest BCUT2D eigenvalue weighted by Crippen LogP contribution is -2.28. The van der Waals surface area contributed by atoms with Crippen LogP contribution in [0.1, 0.15) is 15.9 Å². The molecule has 2 aromatic rings. The first kappa shape index (κ1) is 13.8. The molecular weight excluding hydrogens is 254 g/mol. The van der Waals surface area contributed by atoms with E-state index in [-0.39, 0.29) is 5.56 Å². The third-order valence-corrected chi connectivity index (χ3v) is 2.86. The zero-order valence-electron chi connectivity index (χ0n) is 11.0. The number of rotatable bonds is 5. The number of hydrogen-bond acceptors (Lipinski definition) is 3. The topological polar surface area (TPSA) is 59.3 Å². The predicted octanol–water partition coefficient (Wildman–Crippen LogP) is 2.44. The number of hydrogen-bond donors (Lipinski definition) is 1. The van der Waals surface area contributed by atoms with E-state index < -0.39 is 11.5 Å². The fourth-order valence-electron chi connectivity index (χ4n) is 1.94. The molecule has 2 rings (SSSR count).